The molecule has 9 nitrogen and oxygen atoms in total. The highest BCUT2D eigenvalue weighted by molar-refractivity contribution is 8.00. The largest absolute Gasteiger partial charge is 0.522 e. The minimum absolute atomic E-state index is 0.111. The highest BCUT2D eigenvalue weighted by Gasteiger charge is 2.62. The van der Waals surface area contributed by atoms with Gasteiger partial charge < -0.3 is 19.9 Å². The fraction of sp³-hybridized carbons (Fsp3) is 0.680. The van der Waals surface area contributed by atoms with Crippen LogP contribution in [-0.2, 0) is 40.7 Å². The van der Waals surface area contributed by atoms with E-state index >= 15 is 0 Å². The van der Waals surface area contributed by atoms with Crippen LogP contribution >= 0.6 is 19.8 Å². The summed E-state index contributed by atoms with van der Waals surface area (Å²) in [6.45, 7) is 14.3. The quantitative estimate of drug-likeness (QED) is 0.280. The molecular weight excluding hydrogens is 531 g/mol. The van der Waals surface area contributed by atoms with E-state index in [0.717, 1.165) is 25.0 Å². The summed E-state index contributed by atoms with van der Waals surface area (Å²) in [6, 6.07) is 3.82. The Kier molecular flexibility index (Phi) is 7.25. The molecule has 4 heterocycles. The first-order valence-electron chi connectivity index (χ1n) is 12.6. The highest BCUT2D eigenvalue weighted by Crippen LogP contribution is 2.50. The van der Waals surface area contributed by atoms with E-state index in [0.29, 0.717) is 17.3 Å². The number of hydrogen-bond donors (Lipinski definition) is 2. The molecule has 202 valence electrons. The molecule has 1 aliphatic carbocycles. The van der Waals surface area contributed by atoms with Gasteiger partial charge in [0.1, 0.15) is 48.5 Å². The van der Waals surface area contributed by atoms with Crippen LogP contribution in [0.25, 0.3) is 5.52 Å². The smallest absolute Gasteiger partial charge is 0.382 e. The van der Waals surface area contributed by atoms with Gasteiger partial charge in [-0.05, 0) is 71.9 Å². The predicted molar refractivity (Wildman–Crippen MR) is 148 cm³/mol. The minimum atomic E-state index is -1.58. The molecule has 0 bridgehead atoms. The lowest BCUT2D eigenvalue weighted by Crippen LogP contribution is -2.41. The summed E-state index contributed by atoms with van der Waals surface area (Å²) in [7, 11) is -1.58. The van der Waals surface area contributed by atoms with E-state index in [-0.39, 0.29) is 23.6 Å². The molecule has 0 radical (unpaired) electrons. The summed E-state index contributed by atoms with van der Waals surface area (Å²) in [5.74, 6) is 0.0247. The second kappa shape index (κ2) is 9.78. The van der Waals surface area contributed by atoms with Crippen molar-refractivity contribution in [2.45, 2.75) is 94.4 Å². The fourth-order valence-corrected chi connectivity index (χ4v) is 7.45. The molecule has 2 saturated heterocycles. The van der Waals surface area contributed by atoms with Gasteiger partial charge in [0.15, 0.2) is 11.6 Å². The van der Waals surface area contributed by atoms with Crippen LogP contribution < -0.4 is 5.73 Å². The fourth-order valence-electron chi connectivity index (χ4n) is 5.73. The third-order valence-electron chi connectivity index (χ3n) is 7.87. The molecule has 2 aromatic rings. The van der Waals surface area contributed by atoms with Crippen molar-refractivity contribution in [1.29, 1.82) is 0 Å². The van der Waals surface area contributed by atoms with E-state index in [2.05, 4.69) is 30.5 Å². The molecular formula is C25H36N4O5PS2+. The van der Waals surface area contributed by atoms with Gasteiger partial charge >= 0.3 is 7.15 Å². The monoisotopic (exact) mass is 567 g/mol. The second-order valence-corrected chi connectivity index (χ2v) is 14.1. The molecule has 1 unspecified atom stereocenters. The first-order valence-corrected chi connectivity index (χ1v) is 15.2. The SMILES string of the molecule is C=C(C)[C@H]1CC[C@@](C)(S)[C@H](O[P+](=S)OC[C@H]2O[C@@](C)(c3ccc4c(N)ncnn34)[C@@H]3OC(C)(C)O[C@@H]32)C1. The maximum absolute atomic E-state index is 6.62. The number of aromatic nitrogens is 3. The molecule has 3 aliphatic rings. The zero-order valence-electron chi connectivity index (χ0n) is 21.9. The molecule has 5 rings (SSSR count). The summed E-state index contributed by atoms with van der Waals surface area (Å²) in [5.41, 5.74) is 7.87. The second-order valence-electron chi connectivity index (χ2n) is 11.2. The zero-order chi connectivity index (χ0) is 26.8. The first kappa shape index (κ1) is 27.4. The Balaban J connectivity index is 1.32. The van der Waals surface area contributed by atoms with Gasteiger partial charge in [-0.25, -0.2) is 9.50 Å². The van der Waals surface area contributed by atoms with Gasteiger partial charge in [0, 0.05) is 4.75 Å². The van der Waals surface area contributed by atoms with E-state index in [4.69, 9.17) is 53.4 Å². The number of rotatable bonds is 7. The molecule has 2 aliphatic heterocycles. The van der Waals surface area contributed by atoms with Crippen molar-refractivity contribution in [3.8, 4) is 0 Å². The standard InChI is InChI=1S/C25H35N4O5PS2/c1-14(2)15-9-10-24(5,36)19(11-15)34-35(37)30-12-17-20-21(33-23(3,4)32-20)25(6,31-17)18-8-7-16-22(26)27-13-28-29(16)18/h7-8,13,15,17,19-21H,1,9-12H2,2-6H3,(H2-,26,27,28,36)/p+1/t15-,17+,19+,20+,21+,24+,25-/m0/s1. The van der Waals surface area contributed by atoms with Crippen LogP contribution in [0.15, 0.2) is 30.6 Å². The third kappa shape index (κ3) is 5.10. The maximum atomic E-state index is 6.62. The van der Waals surface area contributed by atoms with E-state index in [1.54, 1.807) is 4.52 Å². The highest BCUT2D eigenvalue weighted by atomic mass is 32.4. The Morgan fingerprint density at radius 2 is 2.05 bits per heavy atom. The summed E-state index contributed by atoms with van der Waals surface area (Å²) >= 11 is 10.5. The lowest BCUT2D eigenvalue weighted by atomic mass is 9.77. The van der Waals surface area contributed by atoms with Gasteiger partial charge in [0.25, 0.3) is 0 Å². The summed E-state index contributed by atoms with van der Waals surface area (Å²) in [6.07, 6.45) is 2.98. The molecule has 37 heavy (non-hydrogen) atoms. The lowest BCUT2D eigenvalue weighted by molar-refractivity contribution is -0.211. The third-order valence-corrected chi connectivity index (χ3v) is 9.74. The van der Waals surface area contributed by atoms with E-state index in [1.165, 1.54) is 11.9 Å². The molecule has 0 aromatic carbocycles. The normalized spacial score (nSPS) is 37.6. The van der Waals surface area contributed by atoms with Crippen LogP contribution in [0.3, 0.4) is 0 Å². The minimum Gasteiger partial charge on any atom is -0.382 e. The summed E-state index contributed by atoms with van der Waals surface area (Å²) in [5, 5.41) is 4.41. The van der Waals surface area contributed by atoms with Crippen molar-refractivity contribution in [2.24, 2.45) is 5.92 Å². The van der Waals surface area contributed by atoms with Crippen LogP contribution in [0.2, 0.25) is 0 Å². The molecule has 8 atom stereocenters. The number of hydrogen-bond acceptors (Lipinski definition) is 10. The van der Waals surface area contributed by atoms with Crippen LogP contribution in [0.1, 0.15) is 59.6 Å². The Labute approximate surface area is 229 Å². The Morgan fingerprint density at radius 1 is 1.30 bits per heavy atom. The number of nitrogens with two attached hydrogens (primary N) is 1. The summed E-state index contributed by atoms with van der Waals surface area (Å²) < 4.78 is 33.1. The molecule has 0 amide bonds. The summed E-state index contributed by atoms with van der Waals surface area (Å²) in [4.78, 5) is 4.09. The predicted octanol–water partition coefficient (Wildman–Crippen LogP) is 4.69. The van der Waals surface area contributed by atoms with Crippen molar-refractivity contribution in [2.75, 3.05) is 12.3 Å². The van der Waals surface area contributed by atoms with Crippen molar-refractivity contribution in [3.05, 3.63) is 36.3 Å². The van der Waals surface area contributed by atoms with Crippen LogP contribution in [-0.4, -0.2) is 56.2 Å². The van der Waals surface area contributed by atoms with Crippen molar-refractivity contribution in [3.63, 3.8) is 0 Å². The van der Waals surface area contributed by atoms with E-state index in [9.17, 15) is 0 Å². The lowest BCUT2D eigenvalue weighted by Gasteiger charge is -2.38. The molecule has 2 aromatic heterocycles. The molecule has 3 fully saturated rings. The van der Waals surface area contributed by atoms with Crippen molar-refractivity contribution < 1.29 is 23.3 Å². The van der Waals surface area contributed by atoms with Crippen LogP contribution in [0.4, 0.5) is 5.82 Å². The van der Waals surface area contributed by atoms with E-state index < -0.39 is 30.7 Å². The maximum Gasteiger partial charge on any atom is 0.522 e. The van der Waals surface area contributed by atoms with E-state index in [1.807, 2.05) is 32.9 Å². The molecule has 12 heteroatoms. The van der Waals surface area contributed by atoms with Gasteiger partial charge in [-0.2, -0.15) is 17.7 Å². The number of nitrogens with zero attached hydrogens (tertiary/aromatic N) is 3. The first-order chi connectivity index (χ1) is 17.3. The number of nitrogen functional groups attached to an aromatic ring is 1. The van der Waals surface area contributed by atoms with Gasteiger partial charge in [0.2, 0.25) is 11.8 Å². The van der Waals surface area contributed by atoms with Crippen molar-refractivity contribution >= 4 is 42.9 Å². The van der Waals surface area contributed by atoms with Gasteiger partial charge in [-0.15, -0.1) is 9.05 Å². The number of allylic oxidation sites excluding steroid dienone is 1. The van der Waals surface area contributed by atoms with Gasteiger partial charge in [0.05, 0.1) is 5.69 Å². The molecule has 0 spiro atoms. The number of ether oxygens (including phenoxy) is 3. The number of thiol groups is 1. The van der Waals surface area contributed by atoms with Gasteiger partial charge in [-0.3, -0.25) is 0 Å². The van der Waals surface area contributed by atoms with Gasteiger partial charge in [-0.1, -0.05) is 12.2 Å². The number of fused-ring (bicyclic) bond motifs is 2. The Morgan fingerprint density at radius 3 is 2.78 bits per heavy atom. The Hall–Kier alpha value is -1.17. The Bertz CT molecular complexity index is 1220. The zero-order valence-corrected chi connectivity index (χ0v) is 24.5. The average Bonchev–Trinajstić information content (AvgIpc) is 3.46. The molecule has 1 saturated carbocycles. The van der Waals surface area contributed by atoms with Crippen molar-refractivity contribution in [1.82, 2.24) is 14.6 Å². The van der Waals surface area contributed by atoms with Crippen LogP contribution in [0.5, 0.6) is 0 Å². The topological polar surface area (TPSA) is 102 Å². The number of anilines is 1. The van der Waals surface area contributed by atoms with Crippen LogP contribution in [0, 0.1) is 5.92 Å². The molecule has 2 N–H and O–H groups in total. The average molecular weight is 568 g/mol.